The Hall–Kier alpha value is -4.40. The molecule has 56 heavy (non-hydrogen) atoms. The average molecular weight is 778 g/mol. The van der Waals surface area contributed by atoms with E-state index in [1.807, 2.05) is 19.2 Å². The third kappa shape index (κ3) is 6.87. The van der Waals surface area contributed by atoms with Crippen LogP contribution in [0.25, 0.3) is 11.0 Å². The fraction of sp³-hybridized carbons (Fsp3) is 0.487. The second kappa shape index (κ2) is 14.8. The van der Waals surface area contributed by atoms with Gasteiger partial charge in [0.15, 0.2) is 22.5 Å². The normalized spacial score (nSPS) is 30.1. The number of nitrogens with one attached hydrogen (secondary N) is 3. The van der Waals surface area contributed by atoms with Crippen molar-refractivity contribution in [3.63, 3.8) is 0 Å². The highest BCUT2D eigenvalue weighted by Gasteiger charge is 2.53. The van der Waals surface area contributed by atoms with E-state index in [-0.39, 0.29) is 28.6 Å². The summed E-state index contributed by atoms with van der Waals surface area (Å²) in [5.74, 6) is 0.989. The molecule has 0 aliphatic carbocycles. The zero-order valence-electron chi connectivity index (χ0n) is 31.0. The molecule has 9 N–H and O–H groups in total. The Bertz CT molecular complexity index is 2180. The van der Waals surface area contributed by atoms with Gasteiger partial charge in [-0.05, 0) is 44.7 Å². The molecule has 1 amide bonds. The number of ether oxygens (including phenoxy) is 1. The van der Waals surface area contributed by atoms with Gasteiger partial charge in [-0.2, -0.15) is 0 Å². The number of benzene rings is 1. The second-order valence-electron chi connectivity index (χ2n) is 15.7. The van der Waals surface area contributed by atoms with E-state index in [2.05, 4.69) is 15.3 Å². The van der Waals surface area contributed by atoms with Gasteiger partial charge < -0.3 is 45.1 Å². The van der Waals surface area contributed by atoms with E-state index in [0.29, 0.717) is 77.5 Å². The van der Waals surface area contributed by atoms with Crippen LogP contribution >= 0.6 is 0 Å². The number of hydrogen-bond donors (Lipinski definition) is 9. The molecule has 17 nitrogen and oxygen atoms in total. The summed E-state index contributed by atoms with van der Waals surface area (Å²) >= 11 is 0. The molecule has 6 aliphatic heterocycles. The van der Waals surface area contributed by atoms with Crippen molar-refractivity contribution >= 4 is 35.0 Å². The Morgan fingerprint density at radius 1 is 1.12 bits per heavy atom. The smallest absolute Gasteiger partial charge is 0.222 e. The number of amides is 1. The number of rotatable bonds is 14. The van der Waals surface area contributed by atoms with E-state index in [1.165, 1.54) is 18.4 Å². The minimum absolute atomic E-state index is 0.0273. The van der Waals surface area contributed by atoms with Gasteiger partial charge in [0.1, 0.15) is 73.1 Å². The molecule has 2 aromatic rings. The lowest BCUT2D eigenvalue weighted by molar-refractivity contribution is -0.903. The van der Waals surface area contributed by atoms with Crippen molar-refractivity contribution in [2.75, 3.05) is 32.8 Å². The van der Waals surface area contributed by atoms with Gasteiger partial charge >= 0.3 is 0 Å². The Morgan fingerprint density at radius 2 is 1.91 bits per heavy atom. The highest BCUT2D eigenvalue weighted by atomic mass is 17.2. The van der Waals surface area contributed by atoms with Gasteiger partial charge in [0.2, 0.25) is 23.4 Å². The predicted molar refractivity (Wildman–Crippen MR) is 198 cm³/mol. The number of hydrogen-bond acceptors (Lipinski definition) is 14. The number of aryl methyl sites for hydroxylation is 1. The van der Waals surface area contributed by atoms with Crippen molar-refractivity contribution < 1.29 is 64.2 Å². The Labute approximate surface area is 320 Å². The lowest BCUT2D eigenvalue weighted by Crippen LogP contribution is -3.15. The standard InChI is InChI=1S/C39H45N5O12/c1-20-9-28(46)24-11-23-12-31(56-53-18-30(48)39(52,37(51)29(47)17-45)19-44-27-5-8-40-25(27)13-33(44)50)38(2,6-3-21-10-32(49)42-14-21)55-35(23)34(36(24)54-20)43-15-22-4-7-41-26(22)16-43/h4-5,7-9,11,13,16,21,29-31,33,37,45,47-48,50-52H,3,6,10,12,14-15,17-19H2,1-2H3,(H,42,49)/p+2. The molecule has 0 saturated carbocycles. The number of nitrogens with zero attached hydrogens (tertiary/aromatic N) is 2. The van der Waals surface area contributed by atoms with Crippen molar-refractivity contribution in [3.05, 3.63) is 80.8 Å². The molecule has 298 valence electrons. The number of carbonyl (C=O) groups excluding carboxylic acids is 1. The number of quaternary nitrogens is 2. The second-order valence-corrected chi connectivity index (χ2v) is 15.7. The van der Waals surface area contributed by atoms with Crippen molar-refractivity contribution in [2.24, 2.45) is 15.9 Å². The van der Waals surface area contributed by atoms with E-state index in [4.69, 9.17) is 18.9 Å². The van der Waals surface area contributed by atoms with Crippen molar-refractivity contribution in [3.8, 4) is 5.75 Å². The fourth-order valence-corrected chi connectivity index (χ4v) is 8.51. The molecular weight excluding hydrogens is 730 g/mol. The summed E-state index contributed by atoms with van der Waals surface area (Å²) in [5, 5.41) is 68.3. The maximum absolute atomic E-state index is 13.4. The maximum atomic E-state index is 13.4. The Morgan fingerprint density at radius 3 is 2.66 bits per heavy atom. The third-order valence-corrected chi connectivity index (χ3v) is 11.8. The SMILES string of the molecule is Cc1cc(=O)c2cc3c(c([NH+]4C=C5N=CC=C5C4)c2o1)OC(C)(CCC1CNC(=O)C1)C(OOCC(O)C(O)(C[NH+]1C2=CC=NC2=CC1O)C(O)C(O)CO)C3. The van der Waals surface area contributed by atoms with E-state index < -0.39 is 61.6 Å². The zero-order valence-corrected chi connectivity index (χ0v) is 31.0. The van der Waals surface area contributed by atoms with Crippen LogP contribution in [-0.2, 0) is 21.0 Å². The van der Waals surface area contributed by atoms with Crippen LogP contribution in [0.5, 0.6) is 5.75 Å². The zero-order chi connectivity index (χ0) is 39.5. The number of aliphatic hydroxyl groups is 6. The van der Waals surface area contributed by atoms with Crippen LogP contribution in [-0.4, -0.2) is 124 Å². The summed E-state index contributed by atoms with van der Waals surface area (Å²) in [7, 11) is 0. The Balaban J connectivity index is 1.09. The van der Waals surface area contributed by atoms with Crippen LogP contribution in [0, 0.1) is 12.8 Å². The molecule has 0 radical (unpaired) electrons. The minimum Gasteiger partial charge on any atom is -0.478 e. The topological polar surface area (TPSA) is 242 Å². The van der Waals surface area contributed by atoms with Gasteiger partial charge in [-0.15, -0.1) is 0 Å². The maximum Gasteiger partial charge on any atom is 0.222 e. The van der Waals surface area contributed by atoms with Gasteiger partial charge in [0.25, 0.3) is 0 Å². The van der Waals surface area contributed by atoms with E-state index >= 15 is 0 Å². The highest BCUT2D eigenvalue weighted by molar-refractivity contribution is 5.90. The van der Waals surface area contributed by atoms with Crippen LogP contribution < -0.4 is 25.3 Å². The molecule has 0 bridgehead atoms. The van der Waals surface area contributed by atoms with Crippen LogP contribution in [0.3, 0.4) is 0 Å². The van der Waals surface area contributed by atoms with Crippen LogP contribution in [0.1, 0.15) is 37.5 Å². The summed E-state index contributed by atoms with van der Waals surface area (Å²) in [6.07, 6.45) is 3.98. The summed E-state index contributed by atoms with van der Waals surface area (Å²) in [4.78, 5) is 47.0. The minimum atomic E-state index is -2.53. The van der Waals surface area contributed by atoms with Crippen LogP contribution in [0.15, 0.2) is 78.4 Å². The lowest BCUT2D eigenvalue weighted by Gasteiger charge is -2.43. The summed E-state index contributed by atoms with van der Waals surface area (Å²) in [6.45, 7) is 2.51. The third-order valence-electron chi connectivity index (χ3n) is 11.8. The quantitative estimate of drug-likeness (QED) is 0.0703. The van der Waals surface area contributed by atoms with Gasteiger partial charge in [0, 0.05) is 61.2 Å². The van der Waals surface area contributed by atoms with Gasteiger partial charge in [-0.25, -0.2) is 9.78 Å². The number of allylic oxidation sites excluding steroid dienone is 2. The Kier molecular flexibility index (Phi) is 10.2. The molecule has 0 spiro atoms. The lowest BCUT2D eigenvalue weighted by atomic mass is 9.83. The summed E-state index contributed by atoms with van der Waals surface area (Å²) in [5.41, 5.74) is 0.673. The molecular formula is C39H47N5O12+2. The number of carbonyl (C=O) groups is 1. The predicted octanol–water partition coefficient (Wildman–Crippen LogP) is -2.71. The van der Waals surface area contributed by atoms with E-state index in [9.17, 15) is 40.2 Å². The first-order valence-corrected chi connectivity index (χ1v) is 18.8. The summed E-state index contributed by atoms with van der Waals surface area (Å²) in [6, 6.07) is 3.16. The van der Waals surface area contributed by atoms with Crippen LogP contribution in [0.4, 0.5) is 5.69 Å². The molecule has 1 aromatic carbocycles. The number of aliphatic hydroxyl groups excluding tert-OH is 5. The van der Waals surface area contributed by atoms with E-state index in [1.54, 1.807) is 25.3 Å². The van der Waals surface area contributed by atoms with Crippen molar-refractivity contribution in [2.45, 2.75) is 81.4 Å². The molecule has 1 saturated heterocycles. The monoisotopic (exact) mass is 777 g/mol. The van der Waals surface area contributed by atoms with Crippen LogP contribution in [0.2, 0.25) is 0 Å². The van der Waals surface area contributed by atoms with Crippen molar-refractivity contribution in [1.29, 1.82) is 0 Å². The first-order chi connectivity index (χ1) is 26.8. The largest absolute Gasteiger partial charge is 0.478 e. The molecule has 8 rings (SSSR count). The van der Waals surface area contributed by atoms with Gasteiger partial charge in [-0.3, -0.25) is 29.4 Å². The van der Waals surface area contributed by atoms with Gasteiger partial charge in [0.05, 0.1) is 12.0 Å². The molecule has 6 aliphatic rings. The molecule has 7 heterocycles. The summed E-state index contributed by atoms with van der Waals surface area (Å²) < 4.78 is 13.2. The van der Waals surface area contributed by atoms with Crippen molar-refractivity contribution in [1.82, 2.24) is 5.32 Å². The molecule has 1 fully saturated rings. The molecule has 10 unspecified atom stereocenters. The molecule has 1 aromatic heterocycles. The van der Waals surface area contributed by atoms with E-state index in [0.717, 1.165) is 16.2 Å². The fourth-order valence-electron chi connectivity index (χ4n) is 8.51. The first-order valence-electron chi connectivity index (χ1n) is 18.8. The van der Waals surface area contributed by atoms with Gasteiger partial charge in [-0.1, -0.05) is 0 Å². The number of fused-ring (bicyclic) bond motifs is 4. The number of aliphatic imine (C=N–C) groups is 2. The highest BCUT2D eigenvalue weighted by Crippen LogP contribution is 2.45. The molecule has 17 heteroatoms. The molecule has 10 atom stereocenters. The average Bonchev–Trinajstić information content (AvgIpc) is 4.00. The first kappa shape index (κ1) is 38.5.